The number of urea groups is 1. The molecule has 0 unspecified atom stereocenters. The first kappa shape index (κ1) is 26.1. The van der Waals surface area contributed by atoms with Crippen LogP contribution in [0.3, 0.4) is 0 Å². The number of nitrogens with zero attached hydrogens (tertiary/aromatic N) is 2. The first-order valence-corrected chi connectivity index (χ1v) is 13.3. The Bertz CT molecular complexity index is 941. The molecule has 0 spiro atoms. The van der Waals surface area contributed by atoms with Gasteiger partial charge < -0.3 is 19.9 Å². The van der Waals surface area contributed by atoms with E-state index in [0.29, 0.717) is 38.1 Å². The van der Waals surface area contributed by atoms with Gasteiger partial charge in [-0.05, 0) is 59.9 Å². The van der Waals surface area contributed by atoms with Crippen molar-refractivity contribution in [2.45, 2.75) is 59.4 Å². The van der Waals surface area contributed by atoms with Crippen LogP contribution in [0.15, 0.2) is 35.7 Å². The normalized spacial score (nSPS) is 16.2. The molecule has 3 amide bonds. The predicted octanol–water partition coefficient (Wildman–Crippen LogP) is 5.45. The number of rotatable bonds is 10. The van der Waals surface area contributed by atoms with Gasteiger partial charge in [0.2, 0.25) is 5.91 Å². The van der Waals surface area contributed by atoms with Gasteiger partial charge in [-0.2, -0.15) is 0 Å². The Morgan fingerprint density at radius 2 is 1.91 bits per heavy atom. The Balaban J connectivity index is 1.75. The quantitative estimate of drug-likeness (QED) is 0.486. The lowest BCUT2D eigenvalue weighted by atomic mass is 10.00. The average molecular weight is 486 g/mol. The molecule has 186 valence electrons. The van der Waals surface area contributed by atoms with Crippen molar-refractivity contribution in [2.75, 3.05) is 32.8 Å². The molecule has 0 saturated heterocycles. The van der Waals surface area contributed by atoms with E-state index in [-0.39, 0.29) is 24.5 Å². The molecule has 1 aromatic carbocycles. The summed E-state index contributed by atoms with van der Waals surface area (Å²) in [5.74, 6) is 1.57. The van der Waals surface area contributed by atoms with Crippen molar-refractivity contribution in [1.29, 1.82) is 0 Å². The molecular weight excluding hydrogens is 446 g/mol. The van der Waals surface area contributed by atoms with E-state index in [9.17, 15) is 9.59 Å². The van der Waals surface area contributed by atoms with Gasteiger partial charge in [-0.3, -0.25) is 4.79 Å². The van der Waals surface area contributed by atoms with Crippen molar-refractivity contribution in [3.05, 3.63) is 51.7 Å². The van der Waals surface area contributed by atoms with Crippen molar-refractivity contribution in [3.8, 4) is 5.75 Å². The highest BCUT2D eigenvalue weighted by Gasteiger charge is 2.33. The van der Waals surface area contributed by atoms with Gasteiger partial charge in [0.15, 0.2) is 0 Å². The van der Waals surface area contributed by atoms with Crippen LogP contribution in [-0.2, 0) is 11.2 Å². The summed E-state index contributed by atoms with van der Waals surface area (Å²) in [4.78, 5) is 31.0. The summed E-state index contributed by atoms with van der Waals surface area (Å²) < 4.78 is 6.18. The number of hydrogen-bond donors (Lipinski definition) is 1. The van der Waals surface area contributed by atoms with Crippen molar-refractivity contribution < 1.29 is 14.3 Å². The summed E-state index contributed by atoms with van der Waals surface area (Å²) in [5, 5.41) is 4.95. The van der Waals surface area contributed by atoms with E-state index >= 15 is 0 Å². The smallest absolute Gasteiger partial charge is 0.317 e. The average Bonchev–Trinajstić information content (AvgIpc) is 3.31. The fraction of sp³-hybridized carbons (Fsp3) is 0.556. The number of fused-ring (bicyclic) bond motifs is 1. The topological polar surface area (TPSA) is 61.9 Å². The maximum atomic E-state index is 13.5. The van der Waals surface area contributed by atoms with Crippen molar-refractivity contribution in [2.24, 2.45) is 5.92 Å². The van der Waals surface area contributed by atoms with Crippen LogP contribution >= 0.6 is 11.3 Å². The minimum atomic E-state index is -0.178. The van der Waals surface area contributed by atoms with Gasteiger partial charge >= 0.3 is 6.03 Å². The number of carbonyl (C=O) groups excluding carboxylic acids is 2. The summed E-state index contributed by atoms with van der Waals surface area (Å²) in [7, 11) is 0. The second-order valence-electron chi connectivity index (χ2n) is 9.42. The summed E-state index contributed by atoms with van der Waals surface area (Å²) in [6, 6.07) is 9.96. The monoisotopic (exact) mass is 485 g/mol. The zero-order chi connectivity index (χ0) is 24.7. The third-order valence-electron chi connectivity index (χ3n) is 6.54. The van der Waals surface area contributed by atoms with E-state index in [0.717, 1.165) is 24.2 Å². The van der Waals surface area contributed by atoms with Crippen LogP contribution in [0, 0.1) is 5.92 Å². The van der Waals surface area contributed by atoms with Crippen molar-refractivity contribution in [3.63, 3.8) is 0 Å². The molecule has 2 aromatic rings. The Kier molecular flexibility index (Phi) is 9.39. The molecule has 0 saturated carbocycles. The van der Waals surface area contributed by atoms with Gasteiger partial charge in [0.25, 0.3) is 0 Å². The van der Waals surface area contributed by atoms with Crippen molar-refractivity contribution in [1.82, 2.24) is 15.1 Å². The van der Waals surface area contributed by atoms with E-state index in [4.69, 9.17) is 4.74 Å². The number of thiophene rings is 1. The molecule has 0 fully saturated rings. The fourth-order valence-corrected chi connectivity index (χ4v) is 5.17. The third kappa shape index (κ3) is 6.53. The van der Waals surface area contributed by atoms with Crippen LogP contribution in [0.2, 0.25) is 0 Å². The molecule has 34 heavy (non-hydrogen) atoms. The highest BCUT2D eigenvalue weighted by atomic mass is 32.1. The predicted molar refractivity (Wildman–Crippen MR) is 139 cm³/mol. The number of nitrogens with one attached hydrogen (secondary N) is 1. The molecular formula is C27H39N3O3S. The molecule has 0 bridgehead atoms. The van der Waals surface area contributed by atoms with Crippen LogP contribution in [0.5, 0.6) is 5.75 Å². The molecule has 1 aliphatic rings. The largest absolute Gasteiger partial charge is 0.491 e. The van der Waals surface area contributed by atoms with Gasteiger partial charge in [0, 0.05) is 24.5 Å². The number of amides is 3. The first-order valence-electron chi connectivity index (χ1n) is 12.4. The summed E-state index contributed by atoms with van der Waals surface area (Å²) in [6.45, 7) is 12.7. The third-order valence-corrected chi connectivity index (χ3v) is 7.54. The van der Waals surface area contributed by atoms with Crippen LogP contribution in [0.4, 0.5) is 4.79 Å². The van der Waals surface area contributed by atoms with Crippen LogP contribution in [0.1, 0.15) is 69.0 Å². The lowest BCUT2D eigenvalue weighted by Crippen LogP contribution is -2.50. The minimum absolute atomic E-state index is 0.0323. The van der Waals surface area contributed by atoms with Gasteiger partial charge in [-0.15, -0.1) is 11.3 Å². The van der Waals surface area contributed by atoms with Crippen LogP contribution < -0.4 is 10.1 Å². The number of carbonyl (C=O) groups is 2. The maximum Gasteiger partial charge on any atom is 0.317 e. The number of benzene rings is 1. The molecule has 2 heterocycles. The second kappa shape index (κ2) is 12.2. The number of hydrogen-bond acceptors (Lipinski definition) is 4. The molecule has 3 rings (SSSR count). The SMILES string of the molecule is CCNC(=O)N(CC(=O)N1CCc2sccc2[C@H]1COc1ccc(C(C)C)cc1)C[C@@H](C)CC. The molecule has 1 aromatic heterocycles. The van der Waals surface area contributed by atoms with Gasteiger partial charge in [0.05, 0.1) is 6.04 Å². The summed E-state index contributed by atoms with van der Waals surface area (Å²) >= 11 is 1.74. The Morgan fingerprint density at radius 3 is 2.56 bits per heavy atom. The van der Waals surface area contributed by atoms with E-state index in [1.165, 1.54) is 10.4 Å². The van der Waals surface area contributed by atoms with Crippen molar-refractivity contribution >= 4 is 23.3 Å². The van der Waals surface area contributed by atoms with Gasteiger partial charge in [0.1, 0.15) is 18.9 Å². The minimum Gasteiger partial charge on any atom is -0.491 e. The zero-order valence-electron chi connectivity index (χ0n) is 21.2. The van der Waals surface area contributed by atoms with Gasteiger partial charge in [-0.25, -0.2) is 4.79 Å². The molecule has 2 atom stereocenters. The molecule has 1 aliphatic heterocycles. The Labute approximate surface area is 208 Å². The standard InChI is InChI=1S/C27H39N3O3S/c1-6-20(5)16-29(27(32)28-7-2)17-26(31)30-14-12-25-23(13-15-34-25)24(30)18-33-22-10-8-21(9-11-22)19(3)4/h8-11,13,15,19-20,24H,6-7,12,14,16-18H2,1-5H3,(H,28,32)/t20-,24+/m0/s1. The molecule has 6 nitrogen and oxygen atoms in total. The zero-order valence-corrected chi connectivity index (χ0v) is 22.0. The van der Waals surface area contributed by atoms with Crippen LogP contribution in [-0.4, -0.2) is 54.5 Å². The molecule has 0 aliphatic carbocycles. The Morgan fingerprint density at radius 1 is 1.18 bits per heavy atom. The lowest BCUT2D eigenvalue weighted by Gasteiger charge is -2.37. The number of ether oxygens (including phenoxy) is 1. The second-order valence-corrected chi connectivity index (χ2v) is 10.4. The highest BCUT2D eigenvalue weighted by molar-refractivity contribution is 7.10. The molecule has 0 radical (unpaired) electrons. The lowest BCUT2D eigenvalue weighted by molar-refractivity contribution is -0.135. The Hall–Kier alpha value is -2.54. The first-order chi connectivity index (χ1) is 16.3. The summed E-state index contributed by atoms with van der Waals surface area (Å²) in [6.07, 6.45) is 1.79. The summed E-state index contributed by atoms with van der Waals surface area (Å²) in [5.41, 5.74) is 2.43. The molecule has 1 N–H and O–H groups in total. The van der Waals surface area contributed by atoms with E-state index < -0.39 is 0 Å². The maximum absolute atomic E-state index is 13.5. The van der Waals surface area contributed by atoms with E-state index in [1.807, 2.05) is 24.0 Å². The van der Waals surface area contributed by atoms with Gasteiger partial charge in [-0.1, -0.05) is 46.2 Å². The van der Waals surface area contributed by atoms with Crippen LogP contribution in [0.25, 0.3) is 0 Å². The van der Waals surface area contributed by atoms with E-state index in [1.54, 1.807) is 16.2 Å². The van der Waals surface area contributed by atoms with E-state index in [2.05, 4.69) is 56.6 Å². The fourth-order valence-electron chi connectivity index (χ4n) is 4.24. The molecule has 7 heteroatoms. The highest BCUT2D eigenvalue weighted by Crippen LogP contribution is 2.34.